The number of allylic oxidation sites excluding steroid dienone is 2. The van der Waals surface area contributed by atoms with E-state index in [1.165, 1.54) is 0 Å². The fourth-order valence-electron chi connectivity index (χ4n) is 4.34. The topological polar surface area (TPSA) is 104 Å². The van der Waals surface area contributed by atoms with Gasteiger partial charge in [-0.25, -0.2) is 9.78 Å². The van der Waals surface area contributed by atoms with Crippen molar-refractivity contribution in [3.8, 4) is 0 Å². The van der Waals surface area contributed by atoms with Crippen LogP contribution in [0.3, 0.4) is 0 Å². The largest absolute Gasteiger partial charge is 0.480 e. The van der Waals surface area contributed by atoms with Crippen LogP contribution in [0.25, 0.3) is 10.8 Å². The number of carbonyl (C=O) groups excluding carboxylic acids is 1. The lowest BCUT2D eigenvalue weighted by Gasteiger charge is -2.19. The lowest BCUT2D eigenvalue weighted by molar-refractivity contribution is -0.139. The average Bonchev–Trinajstić information content (AvgIpc) is 3.13. The minimum Gasteiger partial charge on any atom is -0.480 e. The molecule has 0 saturated carbocycles. The Hall–Kier alpha value is -3.74. The lowest BCUT2D eigenvalue weighted by atomic mass is 10.0. The van der Waals surface area contributed by atoms with E-state index in [0.717, 1.165) is 44.8 Å². The van der Waals surface area contributed by atoms with Crippen LogP contribution in [0.4, 0.5) is 11.5 Å². The Labute approximate surface area is 199 Å². The molecule has 2 aromatic heterocycles. The fourth-order valence-corrected chi connectivity index (χ4v) is 4.34. The number of carboxylic acid groups (broad SMARTS) is 1. The molecular formula is C27H30N4O3. The fraction of sp³-hybridized carbons (Fsp3) is 0.333. The monoisotopic (exact) mass is 458 g/mol. The summed E-state index contributed by atoms with van der Waals surface area (Å²) < 4.78 is 0. The SMILES string of the molecule is Cc1cc2ccncc2c(Nc2ccc(CC(NC3=C(CC(C)C)C(=O)CC3)C(=O)O)cc2)n1. The lowest BCUT2D eigenvalue weighted by Crippen LogP contribution is -2.38. The van der Waals surface area contributed by atoms with Gasteiger partial charge < -0.3 is 15.7 Å². The summed E-state index contributed by atoms with van der Waals surface area (Å²) in [5, 5.41) is 18.3. The Kier molecular flexibility index (Phi) is 6.91. The van der Waals surface area contributed by atoms with Gasteiger partial charge in [0.2, 0.25) is 0 Å². The predicted octanol–water partition coefficient (Wildman–Crippen LogP) is 4.93. The summed E-state index contributed by atoms with van der Waals surface area (Å²) in [4.78, 5) is 33.0. The summed E-state index contributed by atoms with van der Waals surface area (Å²) in [5.74, 6) is 0.272. The zero-order valence-electron chi connectivity index (χ0n) is 19.8. The van der Waals surface area contributed by atoms with Crippen LogP contribution in [0.2, 0.25) is 0 Å². The first-order valence-corrected chi connectivity index (χ1v) is 11.6. The quantitative estimate of drug-likeness (QED) is 0.418. The summed E-state index contributed by atoms with van der Waals surface area (Å²) >= 11 is 0. The molecule has 0 spiro atoms. The highest BCUT2D eigenvalue weighted by molar-refractivity contribution is 5.98. The van der Waals surface area contributed by atoms with Crippen molar-refractivity contribution < 1.29 is 14.7 Å². The van der Waals surface area contributed by atoms with Crippen LogP contribution < -0.4 is 10.6 Å². The number of aliphatic carboxylic acids is 1. The van der Waals surface area contributed by atoms with E-state index in [0.29, 0.717) is 31.6 Å². The van der Waals surface area contributed by atoms with E-state index in [-0.39, 0.29) is 5.78 Å². The zero-order valence-corrected chi connectivity index (χ0v) is 19.8. The Bertz CT molecular complexity index is 1250. The number of benzene rings is 1. The molecule has 176 valence electrons. The Morgan fingerprint density at radius 1 is 1.12 bits per heavy atom. The van der Waals surface area contributed by atoms with Gasteiger partial charge in [-0.3, -0.25) is 9.78 Å². The molecule has 1 atom stereocenters. The number of carboxylic acids is 1. The van der Waals surface area contributed by atoms with Crippen LogP contribution in [0, 0.1) is 12.8 Å². The third kappa shape index (κ3) is 5.42. The first kappa shape index (κ1) is 23.4. The minimum atomic E-state index is -0.930. The molecule has 0 bridgehead atoms. The van der Waals surface area contributed by atoms with E-state index in [9.17, 15) is 14.7 Å². The van der Waals surface area contributed by atoms with Crippen molar-refractivity contribution in [2.45, 2.75) is 52.5 Å². The summed E-state index contributed by atoms with van der Waals surface area (Å²) in [7, 11) is 0. The molecule has 0 radical (unpaired) electrons. The predicted molar refractivity (Wildman–Crippen MR) is 133 cm³/mol. The van der Waals surface area contributed by atoms with Crippen molar-refractivity contribution in [2.75, 3.05) is 5.32 Å². The summed E-state index contributed by atoms with van der Waals surface area (Å²) in [6.45, 7) is 6.07. The maximum absolute atomic E-state index is 12.3. The highest BCUT2D eigenvalue weighted by Crippen LogP contribution is 2.28. The van der Waals surface area contributed by atoms with Crippen molar-refractivity contribution in [1.82, 2.24) is 15.3 Å². The number of fused-ring (bicyclic) bond motifs is 1. The molecule has 0 saturated heterocycles. The van der Waals surface area contributed by atoms with E-state index in [4.69, 9.17) is 0 Å². The molecule has 1 aliphatic rings. The molecule has 1 aliphatic carbocycles. The van der Waals surface area contributed by atoms with Gasteiger partial charge in [0.15, 0.2) is 5.78 Å². The maximum Gasteiger partial charge on any atom is 0.326 e. The number of aromatic nitrogens is 2. The number of aryl methyl sites for hydroxylation is 1. The van der Waals surface area contributed by atoms with Crippen LogP contribution in [0.1, 0.15) is 44.4 Å². The molecule has 0 aliphatic heterocycles. The van der Waals surface area contributed by atoms with Crippen molar-refractivity contribution in [1.29, 1.82) is 0 Å². The van der Waals surface area contributed by atoms with E-state index >= 15 is 0 Å². The molecule has 3 aromatic rings. The number of anilines is 2. The molecule has 7 heteroatoms. The second kappa shape index (κ2) is 10.0. The van der Waals surface area contributed by atoms with E-state index in [2.05, 4.69) is 34.4 Å². The number of nitrogens with one attached hydrogen (secondary N) is 2. The molecule has 0 amide bonds. The Morgan fingerprint density at radius 3 is 2.59 bits per heavy atom. The van der Waals surface area contributed by atoms with Gasteiger partial charge in [-0.2, -0.15) is 0 Å². The number of hydrogen-bond acceptors (Lipinski definition) is 6. The van der Waals surface area contributed by atoms with Gasteiger partial charge in [-0.15, -0.1) is 0 Å². The number of carbonyl (C=O) groups is 2. The second-order valence-corrected chi connectivity index (χ2v) is 9.25. The highest BCUT2D eigenvalue weighted by Gasteiger charge is 2.27. The van der Waals surface area contributed by atoms with Crippen LogP contribution >= 0.6 is 0 Å². The third-order valence-electron chi connectivity index (χ3n) is 5.98. The average molecular weight is 459 g/mol. The smallest absolute Gasteiger partial charge is 0.326 e. The standard InChI is InChI=1S/C27H30N4O3/c1-16(2)12-21-23(8-9-25(21)32)31-24(27(33)34)14-18-4-6-20(7-5-18)30-26-22-15-28-11-10-19(22)13-17(3)29-26/h4-7,10-11,13,15-16,24,31H,8-9,12,14H2,1-3H3,(H,29,30)(H,33,34). The zero-order chi connectivity index (χ0) is 24.2. The highest BCUT2D eigenvalue weighted by atomic mass is 16.4. The second-order valence-electron chi connectivity index (χ2n) is 9.25. The molecule has 2 heterocycles. The van der Waals surface area contributed by atoms with Crippen molar-refractivity contribution in [3.63, 3.8) is 0 Å². The van der Waals surface area contributed by atoms with Crippen LogP contribution in [-0.4, -0.2) is 32.9 Å². The molecule has 1 unspecified atom stereocenters. The summed E-state index contributed by atoms with van der Waals surface area (Å²) in [6, 6.07) is 10.8. The van der Waals surface area contributed by atoms with Gasteiger partial charge in [0.25, 0.3) is 0 Å². The number of pyridine rings is 2. The van der Waals surface area contributed by atoms with Crippen LogP contribution in [-0.2, 0) is 16.0 Å². The van der Waals surface area contributed by atoms with Crippen molar-refractivity contribution in [3.05, 3.63) is 71.3 Å². The molecule has 4 rings (SSSR count). The molecule has 3 N–H and O–H groups in total. The molecule has 1 aromatic carbocycles. The Morgan fingerprint density at radius 2 is 1.88 bits per heavy atom. The van der Waals surface area contributed by atoms with Gasteiger partial charge >= 0.3 is 5.97 Å². The van der Waals surface area contributed by atoms with Gasteiger partial charge in [0.1, 0.15) is 11.9 Å². The molecule has 7 nitrogen and oxygen atoms in total. The summed E-state index contributed by atoms with van der Waals surface area (Å²) in [5.41, 5.74) is 4.20. The van der Waals surface area contributed by atoms with Gasteiger partial charge in [0.05, 0.1) is 0 Å². The number of hydrogen-bond donors (Lipinski definition) is 3. The van der Waals surface area contributed by atoms with Crippen LogP contribution in [0.5, 0.6) is 0 Å². The summed E-state index contributed by atoms with van der Waals surface area (Å²) in [6.07, 6.45) is 5.57. The number of rotatable bonds is 9. The molecule has 0 fully saturated rings. The molecular weight excluding hydrogens is 428 g/mol. The maximum atomic E-state index is 12.3. The van der Waals surface area contributed by atoms with Crippen LogP contribution in [0.15, 0.2) is 60.1 Å². The third-order valence-corrected chi connectivity index (χ3v) is 5.98. The van der Waals surface area contributed by atoms with Gasteiger partial charge in [0, 0.05) is 53.3 Å². The number of Topliss-reactive ketones (excluding diaryl/α,β-unsaturated/α-hetero) is 1. The van der Waals surface area contributed by atoms with E-state index in [1.807, 2.05) is 43.3 Å². The first-order valence-electron chi connectivity index (χ1n) is 11.6. The molecule has 34 heavy (non-hydrogen) atoms. The number of ketones is 1. The first-order chi connectivity index (χ1) is 16.3. The van der Waals surface area contributed by atoms with E-state index < -0.39 is 12.0 Å². The van der Waals surface area contributed by atoms with Gasteiger partial charge in [-0.1, -0.05) is 26.0 Å². The van der Waals surface area contributed by atoms with E-state index in [1.54, 1.807) is 12.4 Å². The Balaban J connectivity index is 1.49. The van der Waals surface area contributed by atoms with Gasteiger partial charge in [-0.05, 0) is 60.9 Å². The number of nitrogens with zero attached hydrogens (tertiary/aromatic N) is 2. The van der Waals surface area contributed by atoms with Crippen molar-refractivity contribution >= 4 is 34.0 Å². The van der Waals surface area contributed by atoms with Crippen molar-refractivity contribution in [2.24, 2.45) is 5.92 Å². The normalized spacial score (nSPS) is 14.6. The minimum absolute atomic E-state index is 0.128.